The zero-order valence-corrected chi connectivity index (χ0v) is 7.49. The van der Waals surface area contributed by atoms with Crippen LogP contribution in [0.4, 0.5) is 0 Å². The van der Waals surface area contributed by atoms with Gasteiger partial charge in [0, 0.05) is 19.2 Å². The van der Waals surface area contributed by atoms with Gasteiger partial charge in [0.2, 0.25) is 0 Å². The van der Waals surface area contributed by atoms with E-state index in [0.29, 0.717) is 0 Å². The molecule has 1 aromatic rings. The van der Waals surface area contributed by atoms with Crippen molar-refractivity contribution in [2.45, 2.75) is 19.3 Å². The number of aliphatic hydroxyl groups excluding tert-OH is 1. The number of hydrogen-bond donors (Lipinski definition) is 1. The van der Waals surface area contributed by atoms with Gasteiger partial charge in [0.1, 0.15) is 5.75 Å². The van der Waals surface area contributed by atoms with E-state index in [0.717, 1.165) is 37.3 Å². The molecule has 1 aromatic heterocycles. The van der Waals surface area contributed by atoms with Gasteiger partial charge >= 0.3 is 0 Å². The number of pyridine rings is 1. The van der Waals surface area contributed by atoms with E-state index in [2.05, 4.69) is 4.98 Å². The number of aromatic nitrogens is 1. The molecule has 2 rings (SSSR count). The number of ether oxygens (including phenoxy) is 1. The average molecular weight is 179 g/mol. The molecule has 1 aliphatic rings. The topological polar surface area (TPSA) is 42.4 Å². The van der Waals surface area contributed by atoms with Crippen LogP contribution >= 0.6 is 0 Å². The minimum atomic E-state index is 0.233. The highest BCUT2D eigenvalue weighted by Crippen LogP contribution is 2.28. The fraction of sp³-hybridized carbons (Fsp3) is 0.500. The molecule has 0 atom stereocenters. The normalized spacial score (nSPS) is 13.9. The molecule has 0 unspecified atom stereocenters. The molecule has 2 heterocycles. The van der Waals surface area contributed by atoms with Crippen molar-refractivity contribution in [3.05, 3.63) is 23.5 Å². The van der Waals surface area contributed by atoms with Gasteiger partial charge in [0.25, 0.3) is 0 Å². The summed E-state index contributed by atoms with van der Waals surface area (Å²) in [5, 5.41) is 8.72. The van der Waals surface area contributed by atoms with Crippen molar-refractivity contribution < 1.29 is 9.84 Å². The van der Waals surface area contributed by atoms with Crippen LogP contribution in [0.1, 0.15) is 17.7 Å². The maximum atomic E-state index is 8.72. The molecule has 0 aromatic carbocycles. The van der Waals surface area contributed by atoms with E-state index in [1.54, 1.807) is 0 Å². The van der Waals surface area contributed by atoms with E-state index < -0.39 is 0 Å². The fourth-order valence-electron chi connectivity index (χ4n) is 1.61. The lowest BCUT2D eigenvalue weighted by Crippen LogP contribution is -1.94. The quantitative estimate of drug-likeness (QED) is 0.751. The van der Waals surface area contributed by atoms with Crippen molar-refractivity contribution in [3.63, 3.8) is 0 Å². The van der Waals surface area contributed by atoms with Crippen molar-refractivity contribution in [1.29, 1.82) is 0 Å². The van der Waals surface area contributed by atoms with Gasteiger partial charge in [-0.05, 0) is 24.5 Å². The van der Waals surface area contributed by atoms with Gasteiger partial charge in [-0.15, -0.1) is 0 Å². The fourth-order valence-corrected chi connectivity index (χ4v) is 1.61. The summed E-state index contributed by atoms with van der Waals surface area (Å²) >= 11 is 0. The van der Waals surface area contributed by atoms with Crippen molar-refractivity contribution in [1.82, 2.24) is 4.98 Å². The zero-order valence-electron chi connectivity index (χ0n) is 7.49. The van der Waals surface area contributed by atoms with Gasteiger partial charge in [-0.2, -0.15) is 0 Å². The highest BCUT2D eigenvalue weighted by molar-refractivity contribution is 5.39. The molecule has 70 valence electrons. The van der Waals surface area contributed by atoms with Crippen LogP contribution in [-0.2, 0) is 12.8 Å². The van der Waals surface area contributed by atoms with Gasteiger partial charge in [-0.25, -0.2) is 0 Å². The van der Waals surface area contributed by atoms with Gasteiger partial charge < -0.3 is 9.84 Å². The van der Waals surface area contributed by atoms with Crippen LogP contribution in [-0.4, -0.2) is 23.3 Å². The predicted octanol–water partition coefficient (Wildman–Crippen LogP) is 0.941. The molecule has 0 saturated carbocycles. The molecule has 3 heteroatoms. The molecule has 1 aliphatic heterocycles. The number of aryl methyl sites for hydroxylation is 1. The molecule has 0 spiro atoms. The Hall–Kier alpha value is -1.09. The summed E-state index contributed by atoms with van der Waals surface area (Å²) in [5.41, 5.74) is 2.24. The predicted molar refractivity (Wildman–Crippen MR) is 48.8 cm³/mol. The monoisotopic (exact) mass is 179 g/mol. The Balaban J connectivity index is 2.20. The Morgan fingerprint density at radius 3 is 3.31 bits per heavy atom. The molecule has 0 aliphatic carbocycles. The van der Waals surface area contributed by atoms with Crippen molar-refractivity contribution >= 4 is 0 Å². The maximum absolute atomic E-state index is 8.72. The van der Waals surface area contributed by atoms with Gasteiger partial charge in [0.05, 0.1) is 12.3 Å². The Morgan fingerprint density at radius 2 is 2.46 bits per heavy atom. The van der Waals surface area contributed by atoms with Crippen LogP contribution in [0.3, 0.4) is 0 Å². The first kappa shape index (κ1) is 8.51. The first-order valence-electron chi connectivity index (χ1n) is 4.62. The first-order valence-corrected chi connectivity index (χ1v) is 4.62. The molecule has 13 heavy (non-hydrogen) atoms. The number of rotatable bonds is 3. The summed E-state index contributed by atoms with van der Waals surface area (Å²) < 4.78 is 5.48. The minimum Gasteiger partial charge on any atom is -0.491 e. The largest absolute Gasteiger partial charge is 0.491 e. The number of fused-ring (bicyclic) bond motifs is 1. The van der Waals surface area contributed by atoms with E-state index in [4.69, 9.17) is 9.84 Å². The standard InChI is InChI=1S/C10H13NO2/c12-6-1-2-8-3-5-11-9-4-7-13-10(8)9/h3,5,12H,1-2,4,6-7H2. The highest BCUT2D eigenvalue weighted by Gasteiger charge is 2.16. The lowest BCUT2D eigenvalue weighted by molar-refractivity contribution is 0.287. The Labute approximate surface area is 77.4 Å². The van der Waals surface area contributed by atoms with Crippen molar-refractivity contribution in [2.24, 2.45) is 0 Å². The molecular formula is C10H13NO2. The van der Waals surface area contributed by atoms with Gasteiger partial charge in [-0.3, -0.25) is 4.98 Å². The maximum Gasteiger partial charge on any atom is 0.144 e. The average Bonchev–Trinajstić information content (AvgIpc) is 2.62. The third-order valence-corrected chi connectivity index (χ3v) is 2.25. The Morgan fingerprint density at radius 1 is 1.54 bits per heavy atom. The highest BCUT2D eigenvalue weighted by atomic mass is 16.5. The molecule has 0 fully saturated rings. The lowest BCUT2D eigenvalue weighted by atomic mass is 10.1. The Bertz CT molecular complexity index is 299. The molecular weight excluding hydrogens is 166 g/mol. The van der Waals surface area contributed by atoms with Crippen LogP contribution in [0, 0.1) is 0 Å². The number of hydrogen-bond acceptors (Lipinski definition) is 3. The smallest absolute Gasteiger partial charge is 0.144 e. The second-order valence-electron chi connectivity index (χ2n) is 3.17. The number of aliphatic hydroxyl groups is 1. The second-order valence-corrected chi connectivity index (χ2v) is 3.17. The van der Waals surface area contributed by atoms with E-state index >= 15 is 0 Å². The van der Waals surface area contributed by atoms with Crippen molar-refractivity contribution in [2.75, 3.05) is 13.2 Å². The first-order chi connectivity index (χ1) is 6.42. The third kappa shape index (κ3) is 1.65. The summed E-state index contributed by atoms with van der Waals surface area (Å²) in [6.45, 7) is 0.982. The van der Waals surface area contributed by atoms with Gasteiger partial charge in [0.15, 0.2) is 0 Å². The second kappa shape index (κ2) is 3.75. The van der Waals surface area contributed by atoms with Crippen molar-refractivity contribution in [3.8, 4) is 5.75 Å². The summed E-state index contributed by atoms with van der Waals surface area (Å²) in [4.78, 5) is 4.24. The summed E-state index contributed by atoms with van der Waals surface area (Å²) in [6.07, 6.45) is 4.41. The lowest BCUT2D eigenvalue weighted by Gasteiger charge is -2.05. The summed E-state index contributed by atoms with van der Waals surface area (Å²) in [6, 6.07) is 1.97. The number of nitrogens with zero attached hydrogens (tertiary/aromatic N) is 1. The molecule has 0 amide bonds. The van der Waals surface area contributed by atoms with Gasteiger partial charge in [-0.1, -0.05) is 0 Å². The molecule has 0 radical (unpaired) electrons. The summed E-state index contributed by atoms with van der Waals surface area (Å²) in [5.74, 6) is 0.955. The van der Waals surface area contributed by atoms with Crippen LogP contribution in [0.5, 0.6) is 5.75 Å². The SMILES string of the molecule is OCCCc1ccnc2c1OCC2. The van der Waals surface area contributed by atoms with Crippen LogP contribution in [0.2, 0.25) is 0 Å². The van der Waals surface area contributed by atoms with E-state index in [1.165, 1.54) is 5.56 Å². The van der Waals surface area contributed by atoms with Crippen LogP contribution in [0.15, 0.2) is 12.3 Å². The summed E-state index contributed by atoms with van der Waals surface area (Å²) in [7, 11) is 0. The third-order valence-electron chi connectivity index (χ3n) is 2.25. The van der Waals surface area contributed by atoms with E-state index in [9.17, 15) is 0 Å². The molecule has 0 saturated heterocycles. The van der Waals surface area contributed by atoms with Crippen LogP contribution in [0.25, 0.3) is 0 Å². The van der Waals surface area contributed by atoms with Crippen LogP contribution < -0.4 is 4.74 Å². The molecule has 1 N–H and O–H groups in total. The zero-order chi connectivity index (χ0) is 9.10. The molecule has 0 bridgehead atoms. The van der Waals surface area contributed by atoms with E-state index in [1.807, 2.05) is 12.3 Å². The molecule has 3 nitrogen and oxygen atoms in total. The minimum absolute atomic E-state index is 0.233. The van der Waals surface area contributed by atoms with E-state index in [-0.39, 0.29) is 6.61 Å². The Kier molecular flexibility index (Phi) is 2.45.